The van der Waals surface area contributed by atoms with Crippen molar-refractivity contribution in [2.24, 2.45) is 0 Å². The highest BCUT2D eigenvalue weighted by atomic mass is 32.1. The van der Waals surface area contributed by atoms with Gasteiger partial charge in [-0.15, -0.1) is 11.3 Å². The van der Waals surface area contributed by atoms with Gasteiger partial charge in [-0.1, -0.05) is 96.1 Å². The summed E-state index contributed by atoms with van der Waals surface area (Å²) < 4.78 is 2.75. The van der Waals surface area contributed by atoms with E-state index in [0.717, 1.165) is 0 Å². The Balaban J connectivity index is 1.37. The quantitative estimate of drug-likeness (QED) is 0.207. The third-order valence-electron chi connectivity index (χ3n) is 10.0. The highest BCUT2D eigenvalue weighted by molar-refractivity contribution is 7.25. The van der Waals surface area contributed by atoms with Crippen LogP contribution in [0.15, 0.2) is 103 Å². The van der Waals surface area contributed by atoms with Gasteiger partial charge in [0.1, 0.15) is 0 Å². The molecule has 0 atom stereocenters. The molecule has 0 bridgehead atoms. The van der Waals surface area contributed by atoms with E-state index in [9.17, 15) is 0 Å². The van der Waals surface area contributed by atoms with Crippen molar-refractivity contribution in [3.63, 3.8) is 0 Å². The first-order valence-corrected chi connectivity index (χ1v) is 16.0. The van der Waals surface area contributed by atoms with Crippen molar-refractivity contribution in [2.45, 2.75) is 64.2 Å². The van der Waals surface area contributed by atoms with Crippen LogP contribution in [0.3, 0.4) is 0 Å². The zero-order chi connectivity index (χ0) is 29.0. The number of anilines is 3. The first-order chi connectivity index (χ1) is 20.1. The van der Waals surface area contributed by atoms with Gasteiger partial charge >= 0.3 is 0 Å². The van der Waals surface area contributed by atoms with Gasteiger partial charge in [-0.3, -0.25) is 0 Å². The highest BCUT2D eigenvalue weighted by Gasteiger charge is 2.42. The van der Waals surface area contributed by atoms with Gasteiger partial charge in [0.05, 0.1) is 5.69 Å². The second-order valence-corrected chi connectivity index (χ2v) is 15.2. The summed E-state index contributed by atoms with van der Waals surface area (Å²) in [6, 6.07) is 38.8. The van der Waals surface area contributed by atoms with Gasteiger partial charge in [-0.2, -0.15) is 0 Å². The van der Waals surface area contributed by atoms with Crippen molar-refractivity contribution in [1.29, 1.82) is 0 Å². The molecule has 2 heteroatoms. The van der Waals surface area contributed by atoms with Crippen LogP contribution in [-0.4, -0.2) is 0 Å². The molecule has 1 aromatic heterocycles. The Morgan fingerprint density at radius 3 is 2.00 bits per heavy atom. The van der Waals surface area contributed by atoms with E-state index in [4.69, 9.17) is 0 Å². The monoisotopic (exact) mass is 563 g/mol. The Bertz CT molecular complexity index is 2040. The zero-order valence-electron chi connectivity index (χ0n) is 25.4. The zero-order valence-corrected chi connectivity index (χ0v) is 26.2. The second kappa shape index (κ2) is 8.58. The van der Waals surface area contributed by atoms with Gasteiger partial charge in [-0.05, 0) is 99.2 Å². The summed E-state index contributed by atoms with van der Waals surface area (Å²) in [5, 5.41) is 2.74. The molecule has 2 aliphatic rings. The molecule has 0 fully saturated rings. The van der Waals surface area contributed by atoms with Crippen LogP contribution in [0.5, 0.6) is 0 Å². The summed E-state index contributed by atoms with van der Waals surface area (Å²) in [5.41, 5.74) is 12.5. The predicted molar refractivity (Wildman–Crippen MR) is 182 cm³/mol. The molecule has 5 aromatic carbocycles. The lowest BCUT2D eigenvalue weighted by atomic mass is 9.81. The van der Waals surface area contributed by atoms with E-state index in [1.807, 2.05) is 11.3 Å². The average molecular weight is 564 g/mol. The summed E-state index contributed by atoms with van der Waals surface area (Å²) in [7, 11) is 0. The molecule has 8 rings (SSSR count). The highest BCUT2D eigenvalue weighted by Crippen LogP contribution is 2.55. The van der Waals surface area contributed by atoms with E-state index in [2.05, 4.69) is 150 Å². The normalized spacial score (nSPS) is 17.3. The fourth-order valence-corrected chi connectivity index (χ4v) is 9.48. The van der Waals surface area contributed by atoms with E-state index in [1.54, 1.807) is 0 Å². The predicted octanol–water partition coefficient (Wildman–Crippen LogP) is 11.8. The topological polar surface area (TPSA) is 3.24 Å². The lowest BCUT2D eigenvalue weighted by Gasteiger charge is -2.32. The fourth-order valence-electron chi connectivity index (χ4n) is 8.37. The minimum absolute atomic E-state index is 0.104. The molecule has 42 heavy (non-hydrogen) atoms. The van der Waals surface area contributed by atoms with E-state index in [1.165, 1.54) is 77.0 Å². The summed E-state index contributed by atoms with van der Waals surface area (Å²) in [6.07, 6.45) is 1.19. The lowest BCUT2D eigenvalue weighted by molar-refractivity contribution is 0.403. The minimum atomic E-state index is -0.104. The molecule has 208 valence electrons. The van der Waals surface area contributed by atoms with Crippen LogP contribution in [0, 0.1) is 0 Å². The molecule has 0 aliphatic heterocycles. The lowest BCUT2D eigenvalue weighted by Crippen LogP contribution is -2.20. The first kappa shape index (κ1) is 25.8. The molecule has 6 aromatic rings. The Kier molecular flexibility index (Phi) is 5.27. The van der Waals surface area contributed by atoms with E-state index in [0.29, 0.717) is 0 Å². The van der Waals surface area contributed by atoms with Crippen molar-refractivity contribution in [1.82, 2.24) is 0 Å². The number of hydrogen-bond donors (Lipinski definition) is 0. The van der Waals surface area contributed by atoms with Crippen molar-refractivity contribution < 1.29 is 0 Å². The van der Waals surface area contributed by atoms with Gasteiger partial charge in [0.25, 0.3) is 0 Å². The number of benzene rings is 5. The molecule has 0 radical (unpaired) electrons. The molecular formula is C40H37NS. The van der Waals surface area contributed by atoms with E-state index < -0.39 is 0 Å². The summed E-state index contributed by atoms with van der Waals surface area (Å²) in [5.74, 6) is 0. The minimum Gasteiger partial charge on any atom is -0.310 e. The van der Waals surface area contributed by atoms with Crippen molar-refractivity contribution in [3.8, 4) is 11.1 Å². The standard InChI is InChI=1S/C40H37NS/c1-38(2)24-39(3,4)33-23-36-30(22-32(33)38)29-21-26(19-20-35(29)42-36)41(25-13-8-7-9-14-25)34-18-12-16-28-27-15-10-11-17-31(27)40(5,6)37(28)34/h7-23H,24H2,1-6H3. The first-order valence-electron chi connectivity index (χ1n) is 15.2. The van der Waals surface area contributed by atoms with Crippen LogP contribution in [0.25, 0.3) is 31.3 Å². The number of fused-ring (bicyclic) bond motifs is 7. The molecule has 1 nitrogen and oxygen atoms in total. The summed E-state index contributed by atoms with van der Waals surface area (Å²) in [4.78, 5) is 2.48. The van der Waals surface area contributed by atoms with Gasteiger partial charge in [0, 0.05) is 37.0 Å². The Morgan fingerprint density at radius 1 is 0.548 bits per heavy atom. The molecule has 0 spiro atoms. The molecular weight excluding hydrogens is 527 g/mol. The third kappa shape index (κ3) is 3.54. The molecule has 2 aliphatic carbocycles. The van der Waals surface area contributed by atoms with Gasteiger partial charge < -0.3 is 4.90 Å². The van der Waals surface area contributed by atoms with Crippen LogP contribution in [0.4, 0.5) is 17.1 Å². The van der Waals surface area contributed by atoms with Crippen LogP contribution >= 0.6 is 11.3 Å². The largest absolute Gasteiger partial charge is 0.310 e. The van der Waals surface area contributed by atoms with Gasteiger partial charge in [0.2, 0.25) is 0 Å². The second-order valence-electron chi connectivity index (χ2n) is 14.2. The number of thiophene rings is 1. The number of nitrogens with zero attached hydrogens (tertiary/aromatic N) is 1. The maximum atomic E-state index is 2.52. The van der Waals surface area contributed by atoms with E-state index >= 15 is 0 Å². The number of para-hydroxylation sites is 1. The average Bonchev–Trinajstić information content (AvgIpc) is 3.51. The SMILES string of the molecule is CC1(C)CC(C)(C)c2cc3c(cc21)sc1ccc(N(c2ccccc2)c2cccc4c2C(C)(C)c2ccccc2-4)cc13. The fraction of sp³-hybridized carbons (Fsp3) is 0.250. The smallest absolute Gasteiger partial charge is 0.0508 e. The molecule has 0 amide bonds. The van der Waals surface area contributed by atoms with Crippen LogP contribution in [-0.2, 0) is 16.2 Å². The van der Waals surface area contributed by atoms with Crippen LogP contribution < -0.4 is 4.90 Å². The maximum Gasteiger partial charge on any atom is 0.0508 e. The van der Waals surface area contributed by atoms with Crippen molar-refractivity contribution in [2.75, 3.05) is 4.90 Å². The van der Waals surface area contributed by atoms with E-state index in [-0.39, 0.29) is 16.2 Å². The number of hydrogen-bond acceptors (Lipinski definition) is 2. The van der Waals surface area contributed by atoms with Crippen LogP contribution in [0.2, 0.25) is 0 Å². The third-order valence-corrected chi connectivity index (χ3v) is 11.1. The Labute approximate surface area is 253 Å². The van der Waals surface area contributed by atoms with Crippen LogP contribution in [0.1, 0.15) is 70.2 Å². The van der Waals surface area contributed by atoms with Gasteiger partial charge in [-0.25, -0.2) is 0 Å². The molecule has 0 unspecified atom stereocenters. The Hall–Kier alpha value is -3.88. The molecule has 0 N–H and O–H groups in total. The number of rotatable bonds is 3. The summed E-state index contributed by atoms with van der Waals surface area (Å²) in [6.45, 7) is 14.4. The van der Waals surface area contributed by atoms with Crippen molar-refractivity contribution >= 4 is 48.6 Å². The maximum absolute atomic E-state index is 2.52. The summed E-state index contributed by atoms with van der Waals surface area (Å²) >= 11 is 1.93. The molecule has 1 heterocycles. The molecule has 0 saturated carbocycles. The molecule has 0 saturated heterocycles. The Morgan fingerprint density at radius 2 is 1.21 bits per heavy atom. The van der Waals surface area contributed by atoms with Crippen molar-refractivity contribution in [3.05, 3.63) is 125 Å². The van der Waals surface area contributed by atoms with Gasteiger partial charge in [0.15, 0.2) is 0 Å².